The Bertz CT molecular complexity index is 337. The molecule has 0 radical (unpaired) electrons. The molecule has 4 unspecified atom stereocenters. The maximum atomic E-state index is 11.0. The molecule has 96 valence electrons. The average molecular weight is 244 g/mol. The van der Waals surface area contributed by atoms with E-state index >= 15 is 0 Å². The second-order valence-electron chi connectivity index (χ2n) is 4.66. The average Bonchev–Trinajstić information content (AvgIpc) is 2.59. The van der Waals surface area contributed by atoms with E-state index in [1.807, 2.05) is 0 Å². The first kappa shape index (κ1) is 13.5. The van der Waals surface area contributed by atoms with Gasteiger partial charge in [-0.1, -0.05) is 6.92 Å². The van der Waals surface area contributed by atoms with Gasteiger partial charge in [0, 0.05) is 6.42 Å². The van der Waals surface area contributed by atoms with Crippen molar-refractivity contribution in [1.29, 1.82) is 0 Å². The second kappa shape index (κ2) is 5.16. The van der Waals surface area contributed by atoms with Gasteiger partial charge in [0.1, 0.15) is 0 Å². The molecule has 1 fully saturated rings. The Hall–Kier alpha value is -1.59. The molecule has 0 heterocycles. The van der Waals surface area contributed by atoms with Crippen molar-refractivity contribution < 1.29 is 29.7 Å². The first-order valence-corrected chi connectivity index (χ1v) is 5.50. The highest BCUT2D eigenvalue weighted by atomic mass is 16.4. The van der Waals surface area contributed by atoms with Gasteiger partial charge in [-0.25, -0.2) is 0 Å². The molecule has 4 atom stereocenters. The van der Waals surface area contributed by atoms with Crippen molar-refractivity contribution in [1.82, 2.24) is 0 Å². The van der Waals surface area contributed by atoms with Gasteiger partial charge in [0.15, 0.2) is 0 Å². The molecule has 6 nitrogen and oxygen atoms in total. The van der Waals surface area contributed by atoms with Crippen molar-refractivity contribution >= 4 is 17.9 Å². The number of rotatable bonds is 5. The molecule has 17 heavy (non-hydrogen) atoms. The van der Waals surface area contributed by atoms with Crippen molar-refractivity contribution in [2.45, 2.75) is 26.2 Å². The van der Waals surface area contributed by atoms with Crippen LogP contribution in [0, 0.1) is 23.7 Å². The topological polar surface area (TPSA) is 112 Å². The van der Waals surface area contributed by atoms with E-state index in [1.54, 1.807) is 0 Å². The molecule has 1 aliphatic rings. The van der Waals surface area contributed by atoms with Gasteiger partial charge < -0.3 is 15.3 Å². The number of hydrogen-bond donors (Lipinski definition) is 3. The fourth-order valence-corrected chi connectivity index (χ4v) is 2.53. The van der Waals surface area contributed by atoms with E-state index in [9.17, 15) is 14.4 Å². The minimum atomic E-state index is -1.04. The first-order chi connectivity index (χ1) is 7.82. The molecule has 1 aliphatic carbocycles. The highest BCUT2D eigenvalue weighted by molar-refractivity contribution is 5.74. The predicted molar refractivity (Wildman–Crippen MR) is 56.4 cm³/mol. The molecule has 0 amide bonds. The van der Waals surface area contributed by atoms with Crippen molar-refractivity contribution in [3.8, 4) is 0 Å². The summed E-state index contributed by atoms with van der Waals surface area (Å²) >= 11 is 0. The second-order valence-corrected chi connectivity index (χ2v) is 4.66. The fraction of sp³-hybridized carbons (Fsp3) is 0.727. The van der Waals surface area contributed by atoms with Crippen LogP contribution < -0.4 is 0 Å². The monoisotopic (exact) mass is 244 g/mol. The number of aliphatic carboxylic acids is 3. The molecule has 0 aliphatic heterocycles. The molecule has 1 rings (SSSR count). The van der Waals surface area contributed by atoms with Crippen LogP contribution in [-0.4, -0.2) is 33.2 Å². The Morgan fingerprint density at radius 1 is 1.18 bits per heavy atom. The van der Waals surface area contributed by atoms with E-state index in [-0.39, 0.29) is 18.8 Å². The molecule has 0 bridgehead atoms. The molecule has 0 spiro atoms. The van der Waals surface area contributed by atoms with Crippen LogP contribution in [0.15, 0.2) is 0 Å². The summed E-state index contributed by atoms with van der Waals surface area (Å²) in [5.74, 6) is -5.11. The minimum absolute atomic E-state index is 0.209. The summed E-state index contributed by atoms with van der Waals surface area (Å²) in [7, 11) is 0. The summed E-state index contributed by atoms with van der Waals surface area (Å²) in [4.78, 5) is 32.4. The van der Waals surface area contributed by atoms with Crippen molar-refractivity contribution in [3.63, 3.8) is 0 Å². The van der Waals surface area contributed by atoms with Gasteiger partial charge in [0.2, 0.25) is 0 Å². The van der Waals surface area contributed by atoms with E-state index in [4.69, 9.17) is 15.3 Å². The van der Waals surface area contributed by atoms with Crippen LogP contribution in [0.5, 0.6) is 0 Å². The summed E-state index contributed by atoms with van der Waals surface area (Å²) < 4.78 is 0. The molecule has 0 saturated heterocycles. The van der Waals surface area contributed by atoms with Gasteiger partial charge in [-0.15, -0.1) is 0 Å². The zero-order valence-electron chi connectivity index (χ0n) is 9.50. The van der Waals surface area contributed by atoms with Crippen LogP contribution in [0.1, 0.15) is 26.2 Å². The summed E-state index contributed by atoms with van der Waals surface area (Å²) in [6, 6.07) is 0. The van der Waals surface area contributed by atoms with Crippen LogP contribution in [-0.2, 0) is 14.4 Å². The van der Waals surface area contributed by atoms with Crippen molar-refractivity contribution in [2.75, 3.05) is 0 Å². The zero-order valence-corrected chi connectivity index (χ0v) is 9.50. The summed E-state index contributed by atoms with van der Waals surface area (Å²) in [5.41, 5.74) is 0. The molecule has 0 aromatic heterocycles. The molecule has 0 aromatic rings. The summed E-state index contributed by atoms with van der Waals surface area (Å²) in [5, 5.41) is 26.6. The van der Waals surface area contributed by atoms with Gasteiger partial charge in [0.05, 0.1) is 11.8 Å². The van der Waals surface area contributed by atoms with Gasteiger partial charge >= 0.3 is 17.9 Å². The fourth-order valence-electron chi connectivity index (χ4n) is 2.53. The van der Waals surface area contributed by atoms with Crippen LogP contribution in [0.2, 0.25) is 0 Å². The molecule has 6 heteroatoms. The SMILES string of the molecule is CC(C(=O)O)C1CC(CC(=O)O)C(C(=O)O)C1. The summed E-state index contributed by atoms with van der Waals surface area (Å²) in [6.07, 6.45) is 0.400. The number of carboxylic acids is 3. The highest BCUT2D eigenvalue weighted by Gasteiger charge is 2.42. The maximum Gasteiger partial charge on any atom is 0.306 e. The molecular formula is C11H16O6. The first-order valence-electron chi connectivity index (χ1n) is 5.50. The Kier molecular flexibility index (Phi) is 4.09. The molecular weight excluding hydrogens is 228 g/mol. The van der Waals surface area contributed by atoms with Gasteiger partial charge in [0.25, 0.3) is 0 Å². The van der Waals surface area contributed by atoms with E-state index in [0.717, 1.165) is 0 Å². The smallest absolute Gasteiger partial charge is 0.306 e. The Morgan fingerprint density at radius 2 is 1.76 bits per heavy atom. The maximum absolute atomic E-state index is 11.0. The zero-order chi connectivity index (χ0) is 13.2. The number of carboxylic acid groups (broad SMARTS) is 3. The van der Waals surface area contributed by atoms with Crippen LogP contribution in [0.4, 0.5) is 0 Å². The Labute approximate surface area is 98.3 Å². The minimum Gasteiger partial charge on any atom is -0.481 e. The third-order valence-corrected chi connectivity index (χ3v) is 3.58. The third-order valence-electron chi connectivity index (χ3n) is 3.58. The van der Waals surface area contributed by atoms with E-state index < -0.39 is 35.7 Å². The van der Waals surface area contributed by atoms with Crippen LogP contribution in [0.3, 0.4) is 0 Å². The van der Waals surface area contributed by atoms with E-state index in [0.29, 0.717) is 6.42 Å². The highest BCUT2D eigenvalue weighted by Crippen LogP contribution is 2.42. The van der Waals surface area contributed by atoms with Gasteiger partial charge in [-0.3, -0.25) is 14.4 Å². The van der Waals surface area contributed by atoms with Crippen LogP contribution in [0.25, 0.3) is 0 Å². The van der Waals surface area contributed by atoms with Crippen molar-refractivity contribution in [3.05, 3.63) is 0 Å². The Balaban J connectivity index is 2.75. The van der Waals surface area contributed by atoms with E-state index in [1.165, 1.54) is 6.92 Å². The number of hydrogen-bond acceptors (Lipinski definition) is 3. The largest absolute Gasteiger partial charge is 0.481 e. The third kappa shape index (κ3) is 3.18. The lowest BCUT2D eigenvalue weighted by atomic mass is 9.91. The Morgan fingerprint density at radius 3 is 2.18 bits per heavy atom. The molecule has 3 N–H and O–H groups in total. The standard InChI is InChI=1S/C11H16O6/c1-5(10(14)15)6-2-7(4-9(12)13)8(3-6)11(16)17/h5-8H,2-4H2,1H3,(H,12,13)(H,14,15)(H,16,17). The summed E-state index contributed by atoms with van der Waals surface area (Å²) in [6.45, 7) is 1.54. The predicted octanol–water partition coefficient (Wildman–Crippen LogP) is 0.909. The van der Waals surface area contributed by atoms with Gasteiger partial charge in [-0.2, -0.15) is 0 Å². The normalized spacial score (nSPS) is 29.8. The lowest BCUT2D eigenvalue weighted by Gasteiger charge is -2.14. The van der Waals surface area contributed by atoms with Crippen molar-refractivity contribution in [2.24, 2.45) is 23.7 Å². The quantitative estimate of drug-likeness (QED) is 0.662. The molecule has 1 saturated carbocycles. The van der Waals surface area contributed by atoms with E-state index in [2.05, 4.69) is 0 Å². The van der Waals surface area contributed by atoms with Gasteiger partial charge in [-0.05, 0) is 24.7 Å². The lowest BCUT2D eigenvalue weighted by molar-refractivity contribution is -0.146. The lowest BCUT2D eigenvalue weighted by Crippen LogP contribution is -2.20. The molecule has 0 aromatic carbocycles. The van der Waals surface area contributed by atoms with Crippen LogP contribution >= 0.6 is 0 Å². The number of carbonyl (C=O) groups is 3.